The summed E-state index contributed by atoms with van der Waals surface area (Å²) in [6.07, 6.45) is 1.87. The van der Waals surface area contributed by atoms with E-state index in [2.05, 4.69) is 113 Å². The van der Waals surface area contributed by atoms with Crippen molar-refractivity contribution in [2.45, 2.75) is 78.2 Å². The maximum absolute atomic E-state index is 8.88. The van der Waals surface area contributed by atoms with Crippen molar-refractivity contribution in [3.05, 3.63) is 0 Å². The fraction of sp³-hybridized carbons (Fsp3) is 1.00. The Hall–Kier alpha value is -0.130. The molecule has 11 heteroatoms. The SMILES string of the molecule is CC1CN(C)C(C)N1C.CC1CN(C)C(C)N1C.CC1CN(C)C(C)N1C.O=P(O)(O)O. The largest absolute Gasteiger partial charge is 0.466 e. The first kappa shape index (κ1) is 31.9. The van der Waals surface area contributed by atoms with Gasteiger partial charge in [-0.2, -0.15) is 0 Å². The molecular formula is C21H51N6O4P. The number of hydrogen-bond donors (Lipinski definition) is 3. The third kappa shape index (κ3) is 10.9. The van der Waals surface area contributed by atoms with Gasteiger partial charge in [0.05, 0.1) is 18.5 Å². The second kappa shape index (κ2) is 13.7. The third-order valence-corrected chi connectivity index (χ3v) is 7.42. The van der Waals surface area contributed by atoms with Crippen LogP contribution >= 0.6 is 7.82 Å². The summed E-state index contributed by atoms with van der Waals surface area (Å²) < 4.78 is 8.88. The van der Waals surface area contributed by atoms with Crippen LogP contribution in [0.3, 0.4) is 0 Å². The fourth-order valence-corrected chi connectivity index (χ4v) is 4.13. The van der Waals surface area contributed by atoms with E-state index < -0.39 is 7.82 Å². The molecule has 0 amide bonds. The Balaban J connectivity index is 0.000000410. The quantitative estimate of drug-likeness (QED) is 0.432. The van der Waals surface area contributed by atoms with Crippen LogP contribution < -0.4 is 0 Å². The molecule has 0 radical (unpaired) electrons. The Bertz CT molecular complexity index is 476. The highest BCUT2D eigenvalue weighted by molar-refractivity contribution is 7.45. The Morgan fingerprint density at radius 3 is 0.719 bits per heavy atom. The normalized spacial score (nSPS) is 35.6. The smallest absolute Gasteiger partial charge is 0.303 e. The van der Waals surface area contributed by atoms with Crippen molar-refractivity contribution in [2.75, 3.05) is 61.9 Å². The number of phosphoric acid groups is 1. The summed E-state index contributed by atoms with van der Waals surface area (Å²) in [6.45, 7) is 17.1. The van der Waals surface area contributed by atoms with Crippen LogP contribution in [0.5, 0.6) is 0 Å². The topological polar surface area (TPSA) is 97.2 Å². The van der Waals surface area contributed by atoms with Crippen molar-refractivity contribution >= 4 is 7.82 Å². The molecule has 10 nitrogen and oxygen atoms in total. The second-order valence-corrected chi connectivity index (χ2v) is 10.8. The van der Waals surface area contributed by atoms with Crippen molar-refractivity contribution in [3.8, 4) is 0 Å². The summed E-state index contributed by atoms with van der Waals surface area (Å²) in [5, 5.41) is 0. The fourth-order valence-electron chi connectivity index (χ4n) is 4.13. The molecule has 3 aliphatic rings. The summed E-state index contributed by atoms with van der Waals surface area (Å²) in [5.41, 5.74) is 0. The molecule has 3 saturated heterocycles. The predicted molar refractivity (Wildman–Crippen MR) is 132 cm³/mol. The first-order valence-electron chi connectivity index (χ1n) is 11.4. The van der Waals surface area contributed by atoms with Gasteiger partial charge < -0.3 is 14.7 Å². The average Bonchev–Trinajstić information content (AvgIpc) is 3.12. The van der Waals surface area contributed by atoms with E-state index in [1.54, 1.807) is 0 Å². The van der Waals surface area contributed by atoms with Crippen LogP contribution in [0.15, 0.2) is 0 Å². The molecule has 3 aliphatic heterocycles. The minimum Gasteiger partial charge on any atom is -0.303 e. The lowest BCUT2D eigenvalue weighted by Crippen LogP contribution is -2.32. The number of hydrogen-bond acceptors (Lipinski definition) is 7. The summed E-state index contributed by atoms with van der Waals surface area (Å²) >= 11 is 0. The summed E-state index contributed by atoms with van der Waals surface area (Å²) in [6, 6.07) is 2.18. The lowest BCUT2D eigenvalue weighted by atomic mass is 10.3. The van der Waals surface area contributed by atoms with Gasteiger partial charge in [-0.3, -0.25) is 29.4 Å². The van der Waals surface area contributed by atoms with E-state index in [1.807, 2.05) is 0 Å². The van der Waals surface area contributed by atoms with Gasteiger partial charge in [-0.05, 0) is 83.8 Å². The van der Waals surface area contributed by atoms with Gasteiger partial charge in [0.2, 0.25) is 0 Å². The van der Waals surface area contributed by atoms with Crippen LogP contribution in [0.25, 0.3) is 0 Å². The highest BCUT2D eigenvalue weighted by atomic mass is 31.2. The van der Waals surface area contributed by atoms with Crippen LogP contribution in [0.2, 0.25) is 0 Å². The minimum absolute atomic E-state index is 0.625. The van der Waals surface area contributed by atoms with E-state index in [9.17, 15) is 0 Å². The molecule has 0 aromatic heterocycles. The predicted octanol–water partition coefficient (Wildman–Crippen LogP) is 0.866. The van der Waals surface area contributed by atoms with Gasteiger partial charge in [-0.15, -0.1) is 0 Å². The van der Waals surface area contributed by atoms with Crippen LogP contribution in [-0.2, 0) is 4.57 Å². The molecule has 32 heavy (non-hydrogen) atoms. The highest BCUT2D eigenvalue weighted by Gasteiger charge is 2.29. The van der Waals surface area contributed by atoms with Crippen LogP contribution in [-0.4, -0.2) is 143 Å². The number of rotatable bonds is 0. The summed E-state index contributed by atoms with van der Waals surface area (Å²) in [5.74, 6) is 0. The van der Waals surface area contributed by atoms with E-state index in [0.29, 0.717) is 18.5 Å². The Labute approximate surface area is 197 Å². The van der Waals surface area contributed by atoms with Gasteiger partial charge in [-0.1, -0.05) is 0 Å². The lowest BCUT2D eigenvalue weighted by molar-refractivity contribution is 0.192. The molecule has 0 aliphatic carbocycles. The van der Waals surface area contributed by atoms with Gasteiger partial charge in [0.15, 0.2) is 0 Å². The van der Waals surface area contributed by atoms with Gasteiger partial charge in [0.25, 0.3) is 0 Å². The van der Waals surface area contributed by atoms with Crippen LogP contribution in [0.1, 0.15) is 41.5 Å². The Morgan fingerprint density at radius 1 is 0.531 bits per heavy atom. The maximum atomic E-state index is 8.88. The first-order valence-corrected chi connectivity index (χ1v) is 13.0. The summed E-state index contributed by atoms with van der Waals surface area (Å²) in [4.78, 5) is 35.8. The van der Waals surface area contributed by atoms with Crippen molar-refractivity contribution in [2.24, 2.45) is 0 Å². The summed E-state index contributed by atoms with van der Waals surface area (Å²) in [7, 11) is 8.41. The zero-order valence-corrected chi connectivity index (χ0v) is 23.4. The van der Waals surface area contributed by atoms with Crippen LogP contribution in [0, 0.1) is 0 Å². The molecule has 194 valence electrons. The van der Waals surface area contributed by atoms with E-state index in [-0.39, 0.29) is 0 Å². The van der Waals surface area contributed by atoms with Crippen molar-refractivity contribution in [1.29, 1.82) is 0 Å². The van der Waals surface area contributed by atoms with Gasteiger partial charge in [0.1, 0.15) is 0 Å². The zero-order valence-electron chi connectivity index (χ0n) is 22.5. The molecule has 0 bridgehead atoms. The molecule has 3 N–H and O–H groups in total. The lowest BCUT2D eigenvalue weighted by Gasteiger charge is -2.21. The molecule has 0 aromatic rings. The van der Waals surface area contributed by atoms with Crippen molar-refractivity contribution in [1.82, 2.24) is 29.4 Å². The molecular weight excluding hydrogens is 431 g/mol. The van der Waals surface area contributed by atoms with E-state index >= 15 is 0 Å². The monoisotopic (exact) mass is 482 g/mol. The molecule has 3 heterocycles. The van der Waals surface area contributed by atoms with E-state index in [4.69, 9.17) is 19.2 Å². The van der Waals surface area contributed by atoms with Gasteiger partial charge in [0, 0.05) is 37.8 Å². The molecule has 6 atom stereocenters. The average molecular weight is 483 g/mol. The first-order chi connectivity index (χ1) is 14.4. The standard InChI is InChI=1S/3C7H16N2.H3O4P/c3*1-6-5-8(3)7(2)9(6)4;1-5(2,3)4/h3*6-7H,5H2,1-4H3;(H3,1,2,3,4). The van der Waals surface area contributed by atoms with E-state index in [0.717, 1.165) is 18.1 Å². The molecule has 3 rings (SSSR count). The molecule has 6 unspecified atom stereocenters. The Kier molecular flexibility index (Phi) is 13.6. The highest BCUT2D eigenvalue weighted by Crippen LogP contribution is 2.25. The molecule has 0 spiro atoms. The van der Waals surface area contributed by atoms with Gasteiger partial charge >= 0.3 is 7.82 Å². The van der Waals surface area contributed by atoms with Crippen molar-refractivity contribution in [3.63, 3.8) is 0 Å². The maximum Gasteiger partial charge on any atom is 0.466 e. The minimum atomic E-state index is -4.64. The van der Waals surface area contributed by atoms with E-state index in [1.165, 1.54) is 19.6 Å². The van der Waals surface area contributed by atoms with Crippen molar-refractivity contribution < 1.29 is 19.2 Å². The van der Waals surface area contributed by atoms with Gasteiger partial charge in [-0.25, -0.2) is 4.57 Å². The third-order valence-electron chi connectivity index (χ3n) is 7.42. The Morgan fingerprint density at radius 2 is 0.688 bits per heavy atom. The molecule has 0 aromatic carbocycles. The molecule has 3 fully saturated rings. The number of nitrogens with zero attached hydrogens (tertiary/aromatic N) is 6. The molecule has 0 saturated carbocycles. The van der Waals surface area contributed by atoms with Crippen LogP contribution in [0.4, 0.5) is 0 Å². The second-order valence-electron chi connectivity index (χ2n) is 9.77. The zero-order chi connectivity index (χ0) is 25.5. The number of likely N-dealkylation sites (N-methyl/N-ethyl adjacent to an activating group) is 6.